The quantitative estimate of drug-likeness (QED) is 0.722. The number of H-pyrrole nitrogens is 1. The highest BCUT2D eigenvalue weighted by Gasteiger charge is 2.24. The van der Waals surface area contributed by atoms with E-state index in [2.05, 4.69) is 14.9 Å². The van der Waals surface area contributed by atoms with E-state index in [1.54, 1.807) is 0 Å². The average Bonchev–Trinajstić information content (AvgIpc) is 2.77. The van der Waals surface area contributed by atoms with Gasteiger partial charge in [0.05, 0.1) is 12.2 Å². The smallest absolute Gasteiger partial charge is 0.246 e. The molecule has 6 nitrogen and oxygen atoms in total. The number of nitrogen functional groups attached to an aromatic ring is 1. The molecule has 1 aromatic carbocycles. The van der Waals surface area contributed by atoms with E-state index in [-0.39, 0.29) is 12.2 Å². The molecule has 0 spiro atoms. The van der Waals surface area contributed by atoms with E-state index in [0.717, 1.165) is 12.1 Å². The summed E-state index contributed by atoms with van der Waals surface area (Å²) in [6, 6.07) is 3.01. The van der Waals surface area contributed by atoms with Gasteiger partial charge in [0.1, 0.15) is 11.6 Å². The fraction of sp³-hybridized carbons (Fsp3) is 0.100. The topological polar surface area (TPSA) is 101 Å². The lowest BCUT2D eigenvalue weighted by Gasteiger charge is -2.08. The molecule has 0 unspecified atom stereocenters. The first-order valence-corrected chi connectivity index (χ1v) is 6.61. The van der Waals surface area contributed by atoms with Crippen molar-refractivity contribution < 1.29 is 17.2 Å². The maximum atomic E-state index is 13.5. The van der Waals surface area contributed by atoms with E-state index in [1.807, 2.05) is 0 Å². The molecule has 0 saturated carbocycles. The van der Waals surface area contributed by atoms with E-state index in [0.29, 0.717) is 5.69 Å². The summed E-state index contributed by atoms with van der Waals surface area (Å²) in [6.07, 6.45) is 1.42. The number of nitrogens with zero attached hydrogens (tertiary/aromatic N) is 1. The highest BCUT2D eigenvalue weighted by atomic mass is 32.2. The number of benzene rings is 1. The number of hydrogen-bond acceptors (Lipinski definition) is 4. The van der Waals surface area contributed by atoms with Gasteiger partial charge in [0.25, 0.3) is 0 Å². The third-order valence-electron chi connectivity index (χ3n) is 2.30. The number of anilines is 1. The average molecular weight is 288 g/mol. The zero-order valence-corrected chi connectivity index (χ0v) is 10.3. The van der Waals surface area contributed by atoms with E-state index in [4.69, 9.17) is 5.73 Å². The zero-order chi connectivity index (χ0) is 14.0. The van der Waals surface area contributed by atoms with Crippen molar-refractivity contribution in [3.8, 4) is 0 Å². The molecule has 4 N–H and O–H groups in total. The van der Waals surface area contributed by atoms with Crippen LogP contribution in [0.5, 0.6) is 0 Å². The summed E-state index contributed by atoms with van der Waals surface area (Å²) in [6.45, 7) is -0.161. The van der Waals surface area contributed by atoms with Crippen molar-refractivity contribution in [2.24, 2.45) is 0 Å². The molecule has 19 heavy (non-hydrogen) atoms. The molecule has 0 bridgehead atoms. The maximum absolute atomic E-state index is 13.5. The lowest BCUT2D eigenvalue weighted by molar-refractivity contribution is 0.514. The molecule has 0 atom stereocenters. The summed E-state index contributed by atoms with van der Waals surface area (Å²) in [4.78, 5) is -1.05. The number of halogens is 2. The van der Waals surface area contributed by atoms with Gasteiger partial charge in [0.2, 0.25) is 10.0 Å². The Bertz CT molecular complexity index is 663. The van der Waals surface area contributed by atoms with Crippen LogP contribution in [-0.2, 0) is 16.6 Å². The van der Waals surface area contributed by atoms with E-state index < -0.39 is 26.6 Å². The highest BCUT2D eigenvalue weighted by molar-refractivity contribution is 7.89. The van der Waals surface area contributed by atoms with E-state index >= 15 is 0 Å². The second-order valence-electron chi connectivity index (χ2n) is 3.72. The predicted molar refractivity (Wildman–Crippen MR) is 63.4 cm³/mol. The van der Waals surface area contributed by atoms with Gasteiger partial charge in [0, 0.05) is 11.9 Å². The van der Waals surface area contributed by atoms with Crippen molar-refractivity contribution in [3.05, 3.63) is 41.7 Å². The van der Waals surface area contributed by atoms with Gasteiger partial charge in [0.15, 0.2) is 4.90 Å². The van der Waals surface area contributed by atoms with Crippen LogP contribution in [0.25, 0.3) is 0 Å². The zero-order valence-electron chi connectivity index (χ0n) is 9.52. The van der Waals surface area contributed by atoms with Crippen molar-refractivity contribution >= 4 is 15.7 Å². The first-order chi connectivity index (χ1) is 8.90. The molecular weight excluding hydrogens is 278 g/mol. The standard InChI is InChI=1S/C10H10F2N4O2S/c11-8-3-6(13)4-9(12)10(8)19(17,18)15-5-7-1-2-14-16-7/h1-4,15H,5,13H2,(H,14,16). The summed E-state index contributed by atoms with van der Waals surface area (Å²) in [5.41, 5.74) is 5.48. The summed E-state index contributed by atoms with van der Waals surface area (Å²) in [7, 11) is -4.32. The molecule has 9 heteroatoms. The summed E-state index contributed by atoms with van der Waals surface area (Å²) in [5, 5.41) is 6.13. The molecule has 0 saturated heterocycles. The van der Waals surface area contributed by atoms with Crippen LogP contribution in [0.15, 0.2) is 29.3 Å². The Balaban J connectivity index is 2.29. The Morgan fingerprint density at radius 1 is 1.32 bits per heavy atom. The Morgan fingerprint density at radius 3 is 2.47 bits per heavy atom. The van der Waals surface area contributed by atoms with Crippen molar-refractivity contribution in [2.75, 3.05) is 5.73 Å². The molecule has 0 aliphatic rings. The first kappa shape index (κ1) is 13.4. The second-order valence-corrected chi connectivity index (χ2v) is 5.42. The minimum atomic E-state index is -4.32. The van der Waals surface area contributed by atoms with Crippen molar-refractivity contribution in [2.45, 2.75) is 11.4 Å². The minimum Gasteiger partial charge on any atom is -0.399 e. The second kappa shape index (κ2) is 4.94. The number of sulfonamides is 1. The van der Waals surface area contributed by atoms with Crippen LogP contribution in [0, 0.1) is 11.6 Å². The molecule has 0 radical (unpaired) electrons. The first-order valence-electron chi connectivity index (χ1n) is 5.12. The Morgan fingerprint density at radius 2 is 1.95 bits per heavy atom. The minimum absolute atomic E-state index is 0.161. The lowest BCUT2D eigenvalue weighted by Crippen LogP contribution is -2.25. The van der Waals surface area contributed by atoms with Crippen molar-refractivity contribution in [3.63, 3.8) is 0 Å². The molecule has 0 aliphatic carbocycles. The summed E-state index contributed by atoms with van der Waals surface area (Å²) >= 11 is 0. The predicted octanol–water partition coefficient (Wildman–Crippen LogP) is 0.749. The van der Waals surface area contributed by atoms with Crippen LogP contribution in [-0.4, -0.2) is 18.6 Å². The maximum Gasteiger partial charge on any atom is 0.246 e. The molecule has 0 fully saturated rings. The van der Waals surface area contributed by atoms with Crippen LogP contribution in [0.4, 0.5) is 14.5 Å². The van der Waals surface area contributed by atoms with Crippen LogP contribution in [0.2, 0.25) is 0 Å². The van der Waals surface area contributed by atoms with Gasteiger partial charge < -0.3 is 5.73 Å². The van der Waals surface area contributed by atoms with Crippen LogP contribution in [0.1, 0.15) is 5.69 Å². The highest BCUT2D eigenvalue weighted by Crippen LogP contribution is 2.21. The summed E-state index contributed by atoms with van der Waals surface area (Å²) < 4.78 is 52.7. The monoisotopic (exact) mass is 288 g/mol. The van der Waals surface area contributed by atoms with E-state index in [9.17, 15) is 17.2 Å². The SMILES string of the molecule is Nc1cc(F)c(S(=O)(=O)NCc2ccn[nH]2)c(F)c1. The van der Waals surface area contributed by atoms with Gasteiger partial charge in [-0.25, -0.2) is 21.9 Å². The number of nitrogens with one attached hydrogen (secondary N) is 2. The molecule has 1 aromatic heterocycles. The molecule has 102 valence electrons. The van der Waals surface area contributed by atoms with Gasteiger partial charge in [-0.05, 0) is 18.2 Å². The van der Waals surface area contributed by atoms with Crippen molar-refractivity contribution in [1.29, 1.82) is 0 Å². The summed E-state index contributed by atoms with van der Waals surface area (Å²) in [5.74, 6) is -2.48. The van der Waals surface area contributed by atoms with E-state index in [1.165, 1.54) is 12.3 Å². The molecule has 0 amide bonds. The van der Waals surface area contributed by atoms with Gasteiger partial charge in [-0.1, -0.05) is 0 Å². The van der Waals surface area contributed by atoms with Crippen LogP contribution in [0.3, 0.4) is 0 Å². The lowest BCUT2D eigenvalue weighted by atomic mass is 10.3. The normalized spacial score (nSPS) is 11.7. The van der Waals surface area contributed by atoms with Crippen LogP contribution < -0.4 is 10.5 Å². The Kier molecular flexibility index (Phi) is 3.49. The number of rotatable bonds is 4. The fourth-order valence-corrected chi connectivity index (χ4v) is 2.59. The van der Waals surface area contributed by atoms with Crippen LogP contribution >= 0.6 is 0 Å². The molecule has 1 heterocycles. The Hall–Kier alpha value is -2.00. The van der Waals surface area contributed by atoms with Gasteiger partial charge in [-0.15, -0.1) is 0 Å². The largest absolute Gasteiger partial charge is 0.399 e. The third-order valence-corrected chi connectivity index (χ3v) is 3.75. The number of nitrogens with two attached hydrogens (primary N) is 1. The van der Waals surface area contributed by atoms with Gasteiger partial charge in [-0.2, -0.15) is 5.10 Å². The molecule has 2 rings (SSSR count). The van der Waals surface area contributed by atoms with Gasteiger partial charge in [-0.3, -0.25) is 5.10 Å². The number of aromatic amines is 1. The molecule has 2 aromatic rings. The molecule has 0 aliphatic heterocycles. The number of aromatic nitrogens is 2. The fourth-order valence-electron chi connectivity index (χ4n) is 1.46. The third kappa shape index (κ3) is 2.88. The molecular formula is C10H10F2N4O2S. The Labute approximate surface area is 107 Å². The van der Waals surface area contributed by atoms with Crippen molar-refractivity contribution in [1.82, 2.24) is 14.9 Å². The van der Waals surface area contributed by atoms with Gasteiger partial charge >= 0.3 is 0 Å². The number of hydrogen-bond donors (Lipinski definition) is 3.